The lowest BCUT2D eigenvalue weighted by Gasteiger charge is -2.15. The van der Waals surface area contributed by atoms with Crippen LogP contribution in [0.25, 0.3) is 0 Å². The first-order chi connectivity index (χ1) is 12.5. The molecule has 2 aromatic rings. The van der Waals surface area contributed by atoms with Gasteiger partial charge in [0.2, 0.25) is 10.0 Å². The molecule has 0 radical (unpaired) electrons. The molecular formula is C16H19Cl3N4O3S. The van der Waals surface area contributed by atoms with Crippen LogP contribution in [0.3, 0.4) is 0 Å². The Labute approximate surface area is 173 Å². The number of halogens is 3. The third kappa shape index (κ3) is 5.14. The molecule has 0 aliphatic heterocycles. The van der Waals surface area contributed by atoms with Crippen molar-refractivity contribution in [2.75, 3.05) is 20.6 Å². The van der Waals surface area contributed by atoms with E-state index in [0.717, 1.165) is 10.00 Å². The van der Waals surface area contributed by atoms with Gasteiger partial charge in [-0.1, -0.05) is 34.8 Å². The highest BCUT2D eigenvalue weighted by molar-refractivity contribution is 7.89. The van der Waals surface area contributed by atoms with Crippen molar-refractivity contribution in [3.63, 3.8) is 0 Å². The largest absolute Gasteiger partial charge is 0.352 e. The van der Waals surface area contributed by atoms with Gasteiger partial charge < -0.3 is 5.32 Å². The van der Waals surface area contributed by atoms with E-state index in [0.29, 0.717) is 24.5 Å². The summed E-state index contributed by atoms with van der Waals surface area (Å²) in [6.45, 7) is 2.73. The summed E-state index contributed by atoms with van der Waals surface area (Å²) in [6.07, 6.45) is 2.32. The number of benzene rings is 1. The lowest BCUT2D eigenvalue weighted by Crippen LogP contribution is -2.27. The first-order valence-electron chi connectivity index (χ1n) is 7.93. The summed E-state index contributed by atoms with van der Waals surface area (Å²) in [6, 6.07) is 2.44. The van der Waals surface area contributed by atoms with Gasteiger partial charge in [0.25, 0.3) is 5.91 Å². The smallest absolute Gasteiger partial charge is 0.252 e. The molecular weight excluding hydrogens is 435 g/mol. The predicted molar refractivity (Wildman–Crippen MR) is 106 cm³/mol. The van der Waals surface area contributed by atoms with Crippen LogP contribution in [0.15, 0.2) is 23.2 Å². The minimum atomic E-state index is -3.80. The second-order valence-electron chi connectivity index (χ2n) is 5.98. The first-order valence-corrected chi connectivity index (χ1v) is 10.5. The Morgan fingerprint density at radius 2 is 1.85 bits per heavy atom. The molecule has 0 fully saturated rings. The first kappa shape index (κ1) is 22.0. The van der Waals surface area contributed by atoms with Crippen LogP contribution < -0.4 is 5.32 Å². The summed E-state index contributed by atoms with van der Waals surface area (Å²) >= 11 is 18.0. The number of nitrogens with zero attached hydrogens (tertiary/aromatic N) is 3. The Morgan fingerprint density at radius 1 is 1.19 bits per heavy atom. The van der Waals surface area contributed by atoms with E-state index in [1.165, 1.54) is 26.2 Å². The van der Waals surface area contributed by atoms with Crippen molar-refractivity contribution in [2.24, 2.45) is 0 Å². The summed E-state index contributed by atoms with van der Waals surface area (Å²) in [5.41, 5.74) is 0.780. The molecule has 0 saturated carbocycles. The van der Waals surface area contributed by atoms with Crippen molar-refractivity contribution in [3.05, 3.63) is 44.7 Å². The molecule has 1 heterocycles. The van der Waals surface area contributed by atoms with E-state index in [9.17, 15) is 13.2 Å². The standard InChI is InChI=1S/C16H19Cl3N4O3S/c1-10-14(19)9-23(21-10)6-4-5-20-16(24)11-7-15(13(18)8-12(11)17)27(25,26)22(2)3/h7-9H,4-6H2,1-3H3,(H,20,24). The van der Waals surface area contributed by atoms with Gasteiger partial charge >= 0.3 is 0 Å². The summed E-state index contributed by atoms with van der Waals surface area (Å²) in [5.74, 6) is -0.485. The highest BCUT2D eigenvalue weighted by atomic mass is 35.5. The number of sulfonamides is 1. The van der Waals surface area contributed by atoms with Gasteiger partial charge in [-0.15, -0.1) is 0 Å². The molecule has 1 N–H and O–H groups in total. The number of carbonyl (C=O) groups is 1. The number of aromatic nitrogens is 2. The summed E-state index contributed by atoms with van der Waals surface area (Å²) < 4.78 is 27.4. The average Bonchev–Trinajstić information content (AvgIpc) is 2.89. The Bertz CT molecular complexity index is 939. The van der Waals surface area contributed by atoms with E-state index in [2.05, 4.69) is 10.4 Å². The van der Waals surface area contributed by atoms with E-state index >= 15 is 0 Å². The molecule has 1 aromatic heterocycles. The van der Waals surface area contributed by atoms with Crippen LogP contribution in [0.1, 0.15) is 22.5 Å². The van der Waals surface area contributed by atoms with Crippen molar-refractivity contribution >= 4 is 50.7 Å². The molecule has 0 atom stereocenters. The van der Waals surface area contributed by atoms with Crippen LogP contribution in [0, 0.1) is 6.92 Å². The zero-order valence-corrected chi connectivity index (χ0v) is 18.0. The number of hydrogen-bond donors (Lipinski definition) is 1. The fourth-order valence-corrected chi connectivity index (χ4v) is 4.12. The number of amides is 1. The van der Waals surface area contributed by atoms with Crippen LogP contribution in [0.2, 0.25) is 15.1 Å². The topological polar surface area (TPSA) is 84.3 Å². The molecule has 148 valence electrons. The SMILES string of the molecule is Cc1nn(CCCNC(=O)c2cc(S(=O)(=O)N(C)C)c(Cl)cc2Cl)cc1Cl. The van der Waals surface area contributed by atoms with Gasteiger partial charge in [-0.3, -0.25) is 9.48 Å². The molecule has 11 heteroatoms. The Hall–Kier alpha value is -1.32. The van der Waals surface area contributed by atoms with E-state index in [1.54, 1.807) is 10.9 Å². The minimum Gasteiger partial charge on any atom is -0.352 e. The van der Waals surface area contributed by atoms with E-state index in [1.807, 2.05) is 6.92 Å². The maximum absolute atomic E-state index is 12.4. The molecule has 1 amide bonds. The van der Waals surface area contributed by atoms with Gasteiger partial charge in [-0.2, -0.15) is 5.10 Å². The van der Waals surface area contributed by atoms with Crippen molar-refractivity contribution in [3.8, 4) is 0 Å². The summed E-state index contributed by atoms with van der Waals surface area (Å²) in [5, 5.41) is 7.55. The Kier molecular flexibility index (Phi) is 7.15. The average molecular weight is 454 g/mol. The molecule has 0 bridgehead atoms. The lowest BCUT2D eigenvalue weighted by molar-refractivity contribution is 0.0952. The van der Waals surface area contributed by atoms with Gasteiger partial charge in [0, 0.05) is 33.4 Å². The van der Waals surface area contributed by atoms with Crippen LogP contribution in [0.5, 0.6) is 0 Å². The van der Waals surface area contributed by atoms with Crippen molar-refractivity contribution < 1.29 is 13.2 Å². The van der Waals surface area contributed by atoms with Crippen LogP contribution in [0.4, 0.5) is 0 Å². The number of carbonyl (C=O) groups excluding carboxylic acids is 1. The fraction of sp³-hybridized carbons (Fsp3) is 0.375. The van der Waals surface area contributed by atoms with E-state index < -0.39 is 15.9 Å². The van der Waals surface area contributed by atoms with Gasteiger partial charge in [0.15, 0.2) is 0 Å². The highest BCUT2D eigenvalue weighted by Crippen LogP contribution is 2.30. The minimum absolute atomic E-state index is 0.0412. The monoisotopic (exact) mass is 452 g/mol. The third-order valence-corrected chi connectivity index (χ3v) is 6.72. The number of hydrogen-bond acceptors (Lipinski definition) is 4. The molecule has 27 heavy (non-hydrogen) atoms. The van der Waals surface area contributed by atoms with Gasteiger partial charge in [0.1, 0.15) is 4.90 Å². The molecule has 0 aliphatic rings. The van der Waals surface area contributed by atoms with Crippen LogP contribution >= 0.6 is 34.8 Å². The molecule has 2 rings (SSSR count). The molecule has 1 aromatic carbocycles. The second kappa shape index (κ2) is 8.79. The predicted octanol–water partition coefficient (Wildman–Crippen LogP) is 3.22. The van der Waals surface area contributed by atoms with E-state index in [-0.39, 0.29) is 20.5 Å². The van der Waals surface area contributed by atoms with Crippen LogP contribution in [-0.2, 0) is 16.6 Å². The zero-order chi connectivity index (χ0) is 20.4. The molecule has 0 spiro atoms. The summed E-state index contributed by atoms with van der Waals surface area (Å²) in [7, 11) is -1.05. The van der Waals surface area contributed by atoms with Gasteiger partial charge in [-0.25, -0.2) is 12.7 Å². The number of nitrogens with one attached hydrogen (secondary N) is 1. The Morgan fingerprint density at radius 3 is 2.41 bits per heavy atom. The fourth-order valence-electron chi connectivity index (χ4n) is 2.24. The van der Waals surface area contributed by atoms with Gasteiger partial charge in [0.05, 0.1) is 26.3 Å². The maximum Gasteiger partial charge on any atom is 0.252 e. The lowest BCUT2D eigenvalue weighted by atomic mass is 10.2. The number of aryl methyl sites for hydroxylation is 2. The van der Waals surface area contributed by atoms with Crippen molar-refractivity contribution in [2.45, 2.75) is 24.8 Å². The molecule has 0 unspecified atom stereocenters. The van der Waals surface area contributed by atoms with Crippen molar-refractivity contribution in [1.82, 2.24) is 19.4 Å². The normalized spacial score (nSPS) is 11.8. The second-order valence-corrected chi connectivity index (χ2v) is 9.33. The molecule has 0 saturated heterocycles. The Balaban J connectivity index is 2.07. The molecule has 7 nitrogen and oxygen atoms in total. The number of rotatable bonds is 7. The quantitative estimate of drug-likeness (QED) is 0.652. The summed E-state index contributed by atoms with van der Waals surface area (Å²) in [4.78, 5) is 12.2. The zero-order valence-electron chi connectivity index (χ0n) is 15.0. The highest BCUT2D eigenvalue weighted by Gasteiger charge is 2.24. The van der Waals surface area contributed by atoms with Crippen molar-refractivity contribution in [1.29, 1.82) is 0 Å². The van der Waals surface area contributed by atoms with Crippen LogP contribution in [-0.4, -0.2) is 49.1 Å². The maximum atomic E-state index is 12.4. The third-order valence-electron chi connectivity index (χ3n) is 3.76. The van der Waals surface area contributed by atoms with E-state index in [4.69, 9.17) is 34.8 Å². The van der Waals surface area contributed by atoms with Gasteiger partial charge in [-0.05, 0) is 25.5 Å². The molecule has 0 aliphatic carbocycles.